The number of halogens is 1. The number of hydrogen-bond donors (Lipinski definition) is 1. The van der Waals surface area contributed by atoms with Crippen molar-refractivity contribution in [3.8, 4) is 22.5 Å². The highest BCUT2D eigenvalue weighted by Crippen LogP contribution is 2.30. The summed E-state index contributed by atoms with van der Waals surface area (Å²) in [7, 11) is 1.88. The zero-order valence-electron chi connectivity index (χ0n) is 15.4. The lowest BCUT2D eigenvalue weighted by Crippen LogP contribution is -2.13. The van der Waals surface area contributed by atoms with Gasteiger partial charge in [0.05, 0.1) is 11.9 Å². The molecule has 28 heavy (non-hydrogen) atoms. The van der Waals surface area contributed by atoms with Crippen LogP contribution >= 0.6 is 22.9 Å². The van der Waals surface area contributed by atoms with Gasteiger partial charge in [0.15, 0.2) is 5.13 Å². The number of carbonyl (C=O) groups is 1. The van der Waals surface area contributed by atoms with E-state index >= 15 is 0 Å². The number of benzene rings is 1. The first kappa shape index (κ1) is 18.4. The van der Waals surface area contributed by atoms with Crippen LogP contribution in [0.15, 0.2) is 40.4 Å². The smallest absolute Gasteiger partial charge is 0.263 e. The predicted molar refractivity (Wildman–Crippen MR) is 109 cm³/mol. The number of thiazole rings is 1. The first-order valence-corrected chi connectivity index (χ1v) is 9.68. The molecule has 4 rings (SSSR count). The van der Waals surface area contributed by atoms with Crippen molar-refractivity contribution in [3.63, 3.8) is 0 Å². The molecule has 0 bridgehead atoms. The van der Waals surface area contributed by atoms with Crippen molar-refractivity contribution in [3.05, 3.63) is 57.9 Å². The molecule has 142 valence electrons. The van der Waals surface area contributed by atoms with Crippen molar-refractivity contribution in [1.29, 1.82) is 0 Å². The molecule has 9 heteroatoms. The predicted octanol–water partition coefficient (Wildman–Crippen LogP) is 4.72. The molecule has 0 saturated carbocycles. The monoisotopic (exact) mass is 413 g/mol. The normalized spacial score (nSPS) is 11.0. The molecule has 0 unspecified atom stereocenters. The van der Waals surface area contributed by atoms with Gasteiger partial charge in [0.1, 0.15) is 17.0 Å². The number of nitrogens with zero attached hydrogens (tertiary/aromatic N) is 4. The van der Waals surface area contributed by atoms with E-state index in [4.69, 9.17) is 16.1 Å². The number of anilines is 1. The third-order valence-corrected chi connectivity index (χ3v) is 5.45. The maximum absolute atomic E-state index is 12.9. The average Bonchev–Trinajstić information content (AvgIpc) is 3.36. The van der Waals surface area contributed by atoms with Crippen LogP contribution in [0.5, 0.6) is 0 Å². The molecular weight excluding hydrogens is 398 g/mol. The molecule has 3 heterocycles. The SMILES string of the molecule is Cc1onc(-c2ccc(Cl)cc2)c1C(=O)Nc1nc(-c2cnn(C)c2C)cs1. The molecule has 0 aliphatic carbocycles. The number of aromatic nitrogens is 4. The highest BCUT2D eigenvalue weighted by atomic mass is 35.5. The third-order valence-electron chi connectivity index (χ3n) is 4.44. The fourth-order valence-corrected chi connectivity index (χ4v) is 3.64. The van der Waals surface area contributed by atoms with Gasteiger partial charge in [-0.3, -0.25) is 14.8 Å². The lowest BCUT2D eigenvalue weighted by molar-refractivity contribution is 0.102. The topological polar surface area (TPSA) is 85.8 Å². The summed E-state index contributed by atoms with van der Waals surface area (Å²) in [6.07, 6.45) is 1.76. The molecule has 0 aliphatic heterocycles. The van der Waals surface area contributed by atoms with Crippen molar-refractivity contribution in [2.45, 2.75) is 13.8 Å². The van der Waals surface area contributed by atoms with Crippen LogP contribution in [0.4, 0.5) is 5.13 Å². The van der Waals surface area contributed by atoms with Crippen molar-refractivity contribution in [2.75, 3.05) is 5.32 Å². The summed E-state index contributed by atoms with van der Waals surface area (Å²) in [4.78, 5) is 17.4. The van der Waals surface area contributed by atoms with Gasteiger partial charge in [-0.2, -0.15) is 5.10 Å². The van der Waals surface area contributed by atoms with Gasteiger partial charge >= 0.3 is 0 Å². The highest BCUT2D eigenvalue weighted by molar-refractivity contribution is 7.14. The number of nitrogens with one attached hydrogen (secondary N) is 1. The van der Waals surface area contributed by atoms with E-state index in [1.54, 1.807) is 42.1 Å². The van der Waals surface area contributed by atoms with Crippen molar-refractivity contribution in [2.24, 2.45) is 7.05 Å². The Labute approximate surface area is 170 Å². The summed E-state index contributed by atoms with van der Waals surface area (Å²) in [5.74, 6) is 0.106. The first-order valence-electron chi connectivity index (χ1n) is 8.42. The second-order valence-corrected chi connectivity index (χ2v) is 7.52. The summed E-state index contributed by atoms with van der Waals surface area (Å²) in [5.41, 5.74) is 4.29. The van der Waals surface area contributed by atoms with E-state index in [9.17, 15) is 4.79 Å². The largest absolute Gasteiger partial charge is 0.360 e. The molecule has 3 aromatic heterocycles. The Hall–Kier alpha value is -2.97. The molecular formula is C19H16ClN5O2S. The Bertz CT molecular complexity index is 1160. The van der Waals surface area contributed by atoms with E-state index < -0.39 is 0 Å². The van der Waals surface area contributed by atoms with Crippen molar-refractivity contribution < 1.29 is 9.32 Å². The van der Waals surface area contributed by atoms with Crippen LogP contribution in [0.2, 0.25) is 5.02 Å². The number of amides is 1. The van der Waals surface area contributed by atoms with Crippen LogP contribution in [0.1, 0.15) is 21.8 Å². The van der Waals surface area contributed by atoms with Crippen molar-refractivity contribution in [1.82, 2.24) is 19.9 Å². The summed E-state index contributed by atoms with van der Waals surface area (Å²) in [5, 5.41) is 14.1. The molecule has 0 radical (unpaired) electrons. The van der Waals surface area contributed by atoms with Gasteiger partial charge in [0.2, 0.25) is 0 Å². The lowest BCUT2D eigenvalue weighted by atomic mass is 10.1. The molecule has 0 atom stereocenters. The van der Waals surface area contributed by atoms with E-state index in [1.165, 1.54) is 11.3 Å². The molecule has 1 N–H and O–H groups in total. The van der Waals surface area contributed by atoms with E-state index in [0.29, 0.717) is 27.2 Å². The van der Waals surface area contributed by atoms with Crippen LogP contribution in [-0.4, -0.2) is 25.8 Å². The summed E-state index contributed by atoms with van der Waals surface area (Å²) in [6, 6.07) is 7.07. The van der Waals surface area contributed by atoms with Crippen LogP contribution < -0.4 is 5.32 Å². The van der Waals surface area contributed by atoms with Crippen LogP contribution in [0.3, 0.4) is 0 Å². The van der Waals surface area contributed by atoms with E-state index in [-0.39, 0.29) is 5.91 Å². The van der Waals surface area contributed by atoms with Crippen LogP contribution in [0, 0.1) is 13.8 Å². The average molecular weight is 414 g/mol. The second-order valence-electron chi connectivity index (χ2n) is 6.23. The molecule has 0 spiro atoms. The maximum Gasteiger partial charge on any atom is 0.263 e. The molecule has 1 amide bonds. The van der Waals surface area contributed by atoms with Crippen LogP contribution in [-0.2, 0) is 7.05 Å². The van der Waals surface area contributed by atoms with E-state index in [2.05, 4.69) is 20.6 Å². The van der Waals surface area contributed by atoms with Gasteiger partial charge in [-0.1, -0.05) is 28.9 Å². The summed E-state index contributed by atoms with van der Waals surface area (Å²) < 4.78 is 7.04. The second kappa shape index (κ2) is 7.21. The maximum atomic E-state index is 12.9. The van der Waals surface area contributed by atoms with Gasteiger partial charge in [-0.05, 0) is 26.0 Å². The summed E-state index contributed by atoms with van der Waals surface area (Å²) >= 11 is 7.29. The Morgan fingerprint density at radius 3 is 2.68 bits per heavy atom. The molecule has 1 aromatic carbocycles. The molecule has 0 fully saturated rings. The van der Waals surface area contributed by atoms with E-state index in [0.717, 1.165) is 22.5 Å². The highest BCUT2D eigenvalue weighted by Gasteiger charge is 2.23. The molecule has 0 aliphatic rings. The van der Waals surface area contributed by atoms with Crippen molar-refractivity contribution >= 4 is 34.0 Å². The van der Waals surface area contributed by atoms with Gasteiger partial charge in [-0.15, -0.1) is 11.3 Å². The standard InChI is InChI=1S/C19H16ClN5O2S/c1-10-14(8-21-25(10)3)15-9-28-19(22-15)23-18(26)16-11(2)27-24-17(16)12-4-6-13(20)7-5-12/h4-9H,1-3H3,(H,22,23,26). The lowest BCUT2D eigenvalue weighted by Gasteiger charge is -2.03. The number of carbonyl (C=O) groups excluding carboxylic acids is 1. The molecule has 4 aromatic rings. The van der Waals surface area contributed by atoms with Crippen LogP contribution in [0.25, 0.3) is 22.5 Å². The Kier molecular flexibility index (Phi) is 4.74. The minimum atomic E-state index is -0.326. The molecule has 7 nitrogen and oxygen atoms in total. The zero-order valence-corrected chi connectivity index (χ0v) is 16.9. The fraction of sp³-hybridized carbons (Fsp3) is 0.158. The minimum Gasteiger partial charge on any atom is -0.360 e. The van der Waals surface area contributed by atoms with Gasteiger partial charge in [0, 0.05) is 34.3 Å². The minimum absolute atomic E-state index is 0.326. The first-order chi connectivity index (χ1) is 13.4. The summed E-state index contributed by atoms with van der Waals surface area (Å²) in [6.45, 7) is 3.67. The fourth-order valence-electron chi connectivity index (χ4n) is 2.81. The van der Waals surface area contributed by atoms with Gasteiger partial charge in [-0.25, -0.2) is 4.98 Å². The van der Waals surface area contributed by atoms with Gasteiger partial charge < -0.3 is 4.52 Å². The zero-order chi connectivity index (χ0) is 19.8. The number of rotatable bonds is 4. The Morgan fingerprint density at radius 2 is 2.00 bits per heavy atom. The van der Waals surface area contributed by atoms with Gasteiger partial charge in [0.25, 0.3) is 5.91 Å². The number of aryl methyl sites for hydroxylation is 2. The Balaban J connectivity index is 1.61. The van der Waals surface area contributed by atoms with E-state index in [1.807, 2.05) is 19.4 Å². The number of hydrogen-bond acceptors (Lipinski definition) is 6. The quantitative estimate of drug-likeness (QED) is 0.523. The third kappa shape index (κ3) is 3.32. The molecule has 0 saturated heterocycles. The Morgan fingerprint density at radius 1 is 1.25 bits per heavy atom.